The molecular weight excluding hydrogens is 233 g/mol. The lowest BCUT2D eigenvalue weighted by molar-refractivity contribution is 0.231. The van der Waals surface area contributed by atoms with E-state index in [9.17, 15) is 4.39 Å². The van der Waals surface area contributed by atoms with E-state index >= 15 is 0 Å². The van der Waals surface area contributed by atoms with Crippen LogP contribution in [0.15, 0.2) is 18.2 Å². The molecule has 0 saturated heterocycles. The minimum Gasteiger partial charge on any atom is -0.491 e. The van der Waals surface area contributed by atoms with Crippen LogP contribution in [0.5, 0.6) is 5.75 Å². The van der Waals surface area contributed by atoms with Crippen LogP contribution in [-0.2, 0) is 0 Å². The number of benzene rings is 1. The molecule has 1 aliphatic carbocycles. The van der Waals surface area contributed by atoms with Gasteiger partial charge in [-0.15, -0.1) is 0 Å². The quantitative estimate of drug-likeness (QED) is 0.596. The van der Waals surface area contributed by atoms with E-state index in [2.05, 4.69) is 11.9 Å². The predicted octanol–water partition coefficient (Wildman–Crippen LogP) is 1.58. The molecule has 0 aromatic heterocycles. The summed E-state index contributed by atoms with van der Waals surface area (Å²) in [5.41, 5.74) is 5.41. The number of nitrogens with one attached hydrogen (secondary N) is 1. The van der Waals surface area contributed by atoms with E-state index in [0.717, 1.165) is 6.54 Å². The van der Waals surface area contributed by atoms with Gasteiger partial charge in [0.1, 0.15) is 24.0 Å². The van der Waals surface area contributed by atoms with Gasteiger partial charge in [0.25, 0.3) is 0 Å². The van der Waals surface area contributed by atoms with Crippen molar-refractivity contribution in [2.45, 2.75) is 18.9 Å². The summed E-state index contributed by atoms with van der Waals surface area (Å²) in [5.74, 6) is -0.485. The summed E-state index contributed by atoms with van der Waals surface area (Å²) in [7, 11) is 2.05. The number of likely N-dealkylation sites (N-methyl/N-ethyl adjacent to an activating group) is 1. The van der Waals surface area contributed by atoms with Gasteiger partial charge in [0, 0.05) is 12.6 Å². The Morgan fingerprint density at radius 3 is 2.89 bits per heavy atom. The third-order valence-corrected chi connectivity index (χ3v) is 3.12. The lowest BCUT2D eigenvalue weighted by Crippen LogP contribution is -2.26. The van der Waals surface area contributed by atoms with Crippen molar-refractivity contribution in [3.63, 3.8) is 0 Å². The summed E-state index contributed by atoms with van der Waals surface area (Å²) in [6, 6.07) is 5.15. The van der Waals surface area contributed by atoms with Gasteiger partial charge in [0.2, 0.25) is 0 Å². The monoisotopic (exact) mass is 251 g/mol. The molecule has 1 saturated carbocycles. The number of amidine groups is 1. The standard InChI is InChI=1S/C13H18FN3O/c1-17(9-5-6-9)7-8-18-11-4-2-3-10(14)12(11)13(15)16/h2-4,9H,5-8H2,1H3,(H3,15,16). The smallest absolute Gasteiger partial charge is 0.137 e. The van der Waals surface area contributed by atoms with Gasteiger partial charge >= 0.3 is 0 Å². The zero-order valence-corrected chi connectivity index (χ0v) is 10.4. The molecule has 0 heterocycles. The third kappa shape index (κ3) is 2.98. The number of nitrogen functional groups attached to an aromatic ring is 1. The maximum atomic E-state index is 13.5. The van der Waals surface area contributed by atoms with E-state index in [0.29, 0.717) is 18.4 Å². The molecule has 0 unspecified atom stereocenters. The molecule has 0 radical (unpaired) electrons. The molecule has 1 aromatic rings. The molecule has 0 bridgehead atoms. The van der Waals surface area contributed by atoms with Crippen LogP contribution >= 0.6 is 0 Å². The van der Waals surface area contributed by atoms with Gasteiger partial charge in [-0.05, 0) is 32.0 Å². The fraction of sp³-hybridized carbons (Fsp3) is 0.462. The Balaban J connectivity index is 1.95. The highest BCUT2D eigenvalue weighted by atomic mass is 19.1. The van der Waals surface area contributed by atoms with Crippen LogP contribution in [0.2, 0.25) is 0 Å². The number of hydrogen-bond donors (Lipinski definition) is 2. The molecule has 0 spiro atoms. The van der Waals surface area contributed by atoms with E-state index in [4.69, 9.17) is 15.9 Å². The highest BCUT2D eigenvalue weighted by Crippen LogP contribution is 2.25. The van der Waals surface area contributed by atoms with E-state index in [1.807, 2.05) is 0 Å². The van der Waals surface area contributed by atoms with Crippen LogP contribution in [0, 0.1) is 11.2 Å². The Morgan fingerprint density at radius 2 is 2.28 bits per heavy atom. The first kappa shape index (κ1) is 12.8. The Bertz CT molecular complexity index is 446. The van der Waals surface area contributed by atoms with Crippen LogP contribution in [-0.4, -0.2) is 37.0 Å². The number of ether oxygens (including phenoxy) is 1. The highest BCUT2D eigenvalue weighted by molar-refractivity contribution is 5.97. The minimum absolute atomic E-state index is 0.0478. The van der Waals surface area contributed by atoms with Crippen LogP contribution in [0.4, 0.5) is 4.39 Å². The first-order valence-electron chi connectivity index (χ1n) is 6.05. The fourth-order valence-electron chi connectivity index (χ4n) is 1.88. The first-order valence-corrected chi connectivity index (χ1v) is 6.05. The molecule has 4 nitrogen and oxygen atoms in total. The summed E-state index contributed by atoms with van der Waals surface area (Å²) in [6.45, 7) is 1.26. The van der Waals surface area contributed by atoms with Gasteiger partial charge in [-0.3, -0.25) is 5.41 Å². The van der Waals surface area contributed by atoms with Crippen molar-refractivity contribution in [2.24, 2.45) is 5.73 Å². The fourth-order valence-corrected chi connectivity index (χ4v) is 1.88. The second-order valence-electron chi connectivity index (χ2n) is 4.59. The van der Waals surface area contributed by atoms with Gasteiger partial charge in [-0.25, -0.2) is 4.39 Å². The molecule has 98 valence electrons. The summed E-state index contributed by atoms with van der Waals surface area (Å²) >= 11 is 0. The van der Waals surface area contributed by atoms with Gasteiger partial charge in [0.15, 0.2) is 0 Å². The zero-order chi connectivity index (χ0) is 13.1. The SMILES string of the molecule is CN(CCOc1cccc(F)c1C(=N)N)C1CC1. The molecule has 1 aromatic carbocycles. The number of hydrogen-bond acceptors (Lipinski definition) is 3. The molecule has 1 aliphatic rings. The molecule has 0 atom stereocenters. The number of halogens is 1. The second kappa shape index (κ2) is 5.35. The lowest BCUT2D eigenvalue weighted by atomic mass is 10.1. The minimum atomic E-state index is -0.518. The Hall–Kier alpha value is -1.62. The van der Waals surface area contributed by atoms with Crippen molar-refractivity contribution in [3.8, 4) is 5.75 Å². The average molecular weight is 251 g/mol. The first-order chi connectivity index (χ1) is 8.59. The van der Waals surface area contributed by atoms with Gasteiger partial charge in [-0.1, -0.05) is 6.07 Å². The van der Waals surface area contributed by atoms with E-state index in [-0.39, 0.29) is 11.4 Å². The molecule has 0 aliphatic heterocycles. The van der Waals surface area contributed by atoms with Gasteiger partial charge in [-0.2, -0.15) is 0 Å². The predicted molar refractivity (Wildman–Crippen MR) is 68.6 cm³/mol. The van der Waals surface area contributed by atoms with Crippen LogP contribution in [0.1, 0.15) is 18.4 Å². The normalized spacial score (nSPS) is 14.8. The maximum absolute atomic E-state index is 13.5. The lowest BCUT2D eigenvalue weighted by Gasteiger charge is -2.17. The van der Waals surface area contributed by atoms with Crippen molar-refractivity contribution in [1.82, 2.24) is 4.90 Å². The molecule has 3 N–H and O–H groups in total. The molecular formula is C13H18FN3O. The maximum Gasteiger partial charge on any atom is 0.137 e. The molecule has 5 heteroatoms. The van der Waals surface area contributed by atoms with Gasteiger partial charge in [0.05, 0.1) is 5.56 Å². The number of nitrogens with two attached hydrogens (primary N) is 1. The Kier molecular flexibility index (Phi) is 3.81. The summed E-state index contributed by atoms with van der Waals surface area (Å²) in [6.07, 6.45) is 2.49. The highest BCUT2D eigenvalue weighted by Gasteiger charge is 2.25. The zero-order valence-electron chi connectivity index (χ0n) is 10.4. The van der Waals surface area contributed by atoms with E-state index in [1.165, 1.54) is 18.9 Å². The van der Waals surface area contributed by atoms with Crippen LogP contribution in [0.25, 0.3) is 0 Å². The summed E-state index contributed by atoms with van der Waals surface area (Å²) in [5, 5.41) is 7.36. The molecule has 1 fully saturated rings. The van der Waals surface area contributed by atoms with Crippen molar-refractivity contribution in [1.29, 1.82) is 5.41 Å². The average Bonchev–Trinajstić information content (AvgIpc) is 3.12. The largest absolute Gasteiger partial charge is 0.491 e. The molecule has 18 heavy (non-hydrogen) atoms. The van der Waals surface area contributed by atoms with Gasteiger partial charge < -0.3 is 15.4 Å². The topological polar surface area (TPSA) is 62.3 Å². The number of rotatable bonds is 6. The van der Waals surface area contributed by atoms with E-state index < -0.39 is 5.82 Å². The Morgan fingerprint density at radius 1 is 1.56 bits per heavy atom. The van der Waals surface area contributed by atoms with E-state index in [1.54, 1.807) is 12.1 Å². The third-order valence-electron chi connectivity index (χ3n) is 3.12. The second-order valence-corrected chi connectivity index (χ2v) is 4.59. The van der Waals surface area contributed by atoms with Crippen molar-refractivity contribution >= 4 is 5.84 Å². The summed E-state index contributed by atoms with van der Waals surface area (Å²) < 4.78 is 19.0. The molecule has 2 rings (SSSR count). The number of nitrogens with zero attached hydrogens (tertiary/aromatic N) is 1. The Labute approximate surface area is 106 Å². The summed E-state index contributed by atoms with van der Waals surface area (Å²) in [4.78, 5) is 2.23. The van der Waals surface area contributed by atoms with Crippen molar-refractivity contribution in [3.05, 3.63) is 29.6 Å². The van der Waals surface area contributed by atoms with Crippen molar-refractivity contribution < 1.29 is 9.13 Å². The van der Waals surface area contributed by atoms with Crippen LogP contribution < -0.4 is 10.5 Å². The van der Waals surface area contributed by atoms with Crippen LogP contribution in [0.3, 0.4) is 0 Å². The van der Waals surface area contributed by atoms with Crippen molar-refractivity contribution in [2.75, 3.05) is 20.2 Å². The molecule has 0 amide bonds.